The molecule has 1 aliphatic rings. The van der Waals surface area contributed by atoms with Gasteiger partial charge in [0.2, 0.25) is 0 Å². The molecule has 3 rings (SSSR count). The number of anilines is 2. The van der Waals surface area contributed by atoms with Gasteiger partial charge in [0, 0.05) is 0 Å². The van der Waals surface area contributed by atoms with Crippen molar-refractivity contribution in [3.05, 3.63) is 48.5 Å². The van der Waals surface area contributed by atoms with Crippen molar-refractivity contribution < 1.29 is 28.4 Å². The van der Waals surface area contributed by atoms with Crippen molar-refractivity contribution in [3.8, 4) is 11.5 Å². The van der Waals surface area contributed by atoms with Crippen LogP contribution in [0.4, 0.5) is 11.4 Å². The van der Waals surface area contributed by atoms with Crippen molar-refractivity contribution >= 4 is 25.2 Å². The lowest BCUT2D eigenvalue weighted by Gasteiger charge is -2.35. The lowest BCUT2D eigenvalue weighted by atomic mass is 10.1. The maximum Gasteiger partial charge on any atom is 0.527 e. The van der Waals surface area contributed by atoms with Crippen molar-refractivity contribution in [3.63, 3.8) is 0 Å². The molecule has 1 heterocycles. The van der Waals surface area contributed by atoms with Crippen LogP contribution in [0.25, 0.3) is 0 Å². The molecule has 7 nitrogen and oxygen atoms in total. The topological polar surface area (TPSA) is 96.3 Å². The molecule has 1 aliphatic heterocycles. The molecule has 0 amide bonds. The minimum Gasteiger partial charge on any atom is -0.453 e. The molecule has 0 radical (unpaired) electrons. The number of para-hydroxylation sites is 4. The zero-order valence-corrected chi connectivity index (χ0v) is 13.0. The summed E-state index contributed by atoms with van der Waals surface area (Å²) in [5, 5.41) is 0. The van der Waals surface area contributed by atoms with E-state index in [2.05, 4.69) is 4.52 Å². The number of benzene rings is 2. The Morgan fingerprint density at radius 1 is 1.09 bits per heavy atom. The highest BCUT2D eigenvalue weighted by Crippen LogP contribution is 2.48. The van der Waals surface area contributed by atoms with Gasteiger partial charge in [-0.3, -0.25) is 9.79 Å². The Morgan fingerprint density at radius 2 is 1.57 bits per heavy atom. The van der Waals surface area contributed by atoms with Gasteiger partial charge in [-0.1, -0.05) is 24.3 Å². The van der Waals surface area contributed by atoms with Crippen LogP contribution in [0.2, 0.25) is 0 Å². The van der Waals surface area contributed by atoms with Crippen molar-refractivity contribution in [2.24, 2.45) is 0 Å². The summed E-state index contributed by atoms with van der Waals surface area (Å²) in [5.41, 5.74) is 1.22. The minimum atomic E-state index is -4.90. The summed E-state index contributed by atoms with van der Waals surface area (Å²) in [6, 6.07) is 13.2. The molecule has 2 aromatic carbocycles. The molecule has 2 aromatic rings. The highest BCUT2D eigenvalue weighted by atomic mass is 31.2. The lowest BCUT2D eigenvalue weighted by Crippen LogP contribution is -2.37. The Balaban J connectivity index is 2.04. The first-order chi connectivity index (χ1) is 10.9. The number of phosphoric ester groups is 1. The van der Waals surface area contributed by atoms with Gasteiger partial charge in [-0.15, -0.1) is 0 Å². The molecule has 0 aromatic heterocycles. The number of carbonyl (C=O) groups excluding carboxylic acids is 1. The monoisotopic (exact) mass is 335 g/mol. The Hall–Kier alpha value is -2.34. The van der Waals surface area contributed by atoms with Crippen molar-refractivity contribution in [1.29, 1.82) is 0 Å². The number of hydrogen-bond donors (Lipinski definition) is 2. The van der Waals surface area contributed by atoms with Gasteiger partial charge in [0.05, 0.1) is 11.4 Å². The average molecular weight is 335 g/mol. The largest absolute Gasteiger partial charge is 0.527 e. The van der Waals surface area contributed by atoms with Gasteiger partial charge in [0.15, 0.2) is 11.5 Å². The second kappa shape index (κ2) is 5.70. The fourth-order valence-corrected chi connectivity index (χ4v) is 2.84. The molecule has 120 valence electrons. The van der Waals surface area contributed by atoms with Gasteiger partial charge in [-0.2, -0.15) is 0 Å². The Labute approximate surface area is 132 Å². The van der Waals surface area contributed by atoms with E-state index in [0.717, 1.165) is 0 Å². The first-order valence-corrected chi connectivity index (χ1v) is 8.34. The Morgan fingerprint density at radius 3 is 2.04 bits per heavy atom. The maximum absolute atomic E-state index is 12.1. The Bertz CT molecular complexity index is 757. The van der Waals surface area contributed by atoms with Crippen LogP contribution in [0.1, 0.15) is 6.92 Å². The van der Waals surface area contributed by atoms with E-state index in [1.54, 1.807) is 53.4 Å². The quantitative estimate of drug-likeness (QED) is 0.832. The fraction of sp³-hybridized carbons (Fsp3) is 0.133. The lowest BCUT2D eigenvalue weighted by molar-refractivity contribution is -0.136. The summed E-state index contributed by atoms with van der Waals surface area (Å²) in [6.45, 7) is 1.51. The predicted octanol–water partition coefficient (Wildman–Crippen LogP) is 2.95. The SMILES string of the molecule is CC(C(=O)OP(=O)(O)O)N1c2ccccc2Oc2ccccc21. The molecular weight excluding hydrogens is 321 g/mol. The van der Waals surface area contributed by atoms with E-state index in [1.807, 2.05) is 0 Å². The van der Waals surface area contributed by atoms with Gasteiger partial charge < -0.3 is 14.2 Å². The first kappa shape index (κ1) is 15.6. The van der Waals surface area contributed by atoms with E-state index < -0.39 is 19.8 Å². The van der Waals surface area contributed by atoms with Crippen molar-refractivity contribution in [2.45, 2.75) is 13.0 Å². The number of fused-ring (bicyclic) bond motifs is 2. The number of ether oxygens (including phenoxy) is 1. The standard InChI is InChI=1S/C15H14NO6P/c1-10(15(17)22-23(18,19)20)16-11-6-2-4-8-13(11)21-14-9-5-3-7-12(14)16/h2-10H,1H3,(H2,18,19,20). The van der Waals surface area contributed by atoms with Crippen LogP contribution >= 0.6 is 7.82 Å². The van der Waals surface area contributed by atoms with Crippen molar-refractivity contribution in [2.75, 3.05) is 4.90 Å². The van der Waals surface area contributed by atoms with E-state index in [4.69, 9.17) is 14.5 Å². The molecule has 2 N–H and O–H groups in total. The van der Waals surface area contributed by atoms with Gasteiger partial charge in [-0.25, -0.2) is 9.36 Å². The molecule has 0 spiro atoms. The summed E-state index contributed by atoms with van der Waals surface area (Å²) < 4.78 is 20.9. The summed E-state index contributed by atoms with van der Waals surface area (Å²) in [6.07, 6.45) is 0. The minimum absolute atomic E-state index is 0.544. The van der Waals surface area contributed by atoms with Crippen LogP contribution < -0.4 is 9.64 Å². The summed E-state index contributed by atoms with van der Waals surface area (Å²) in [4.78, 5) is 31.4. The third-order valence-corrected chi connectivity index (χ3v) is 3.82. The van der Waals surface area contributed by atoms with Crippen LogP contribution in [-0.4, -0.2) is 21.8 Å². The smallest absolute Gasteiger partial charge is 0.453 e. The average Bonchev–Trinajstić information content (AvgIpc) is 2.50. The number of phosphoric acid groups is 1. The Kier molecular flexibility index (Phi) is 3.85. The second-order valence-corrected chi connectivity index (χ2v) is 6.15. The van der Waals surface area contributed by atoms with E-state index in [0.29, 0.717) is 22.9 Å². The van der Waals surface area contributed by atoms with E-state index in [9.17, 15) is 9.36 Å². The normalized spacial score (nSPS) is 14.3. The fourth-order valence-electron chi connectivity index (χ4n) is 2.45. The van der Waals surface area contributed by atoms with Gasteiger partial charge in [0.1, 0.15) is 6.04 Å². The van der Waals surface area contributed by atoms with Gasteiger partial charge in [0.25, 0.3) is 0 Å². The van der Waals surface area contributed by atoms with E-state index in [-0.39, 0.29) is 0 Å². The first-order valence-electron chi connectivity index (χ1n) is 6.81. The predicted molar refractivity (Wildman–Crippen MR) is 82.7 cm³/mol. The molecule has 0 bridgehead atoms. The maximum atomic E-state index is 12.1. The van der Waals surface area contributed by atoms with Crippen LogP contribution in [0.5, 0.6) is 11.5 Å². The van der Waals surface area contributed by atoms with Crippen LogP contribution in [0.15, 0.2) is 48.5 Å². The van der Waals surface area contributed by atoms with E-state index in [1.165, 1.54) is 6.92 Å². The molecule has 1 atom stereocenters. The summed E-state index contributed by atoms with van der Waals surface area (Å²) in [5.74, 6) is 0.0638. The molecule has 1 unspecified atom stereocenters. The highest BCUT2D eigenvalue weighted by molar-refractivity contribution is 7.46. The third kappa shape index (κ3) is 3.07. The second-order valence-electron chi connectivity index (χ2n) is 4.98. The summed E-state index contributed by atoms with van der Waals surface area (Å²) >= 11 is 0. The molecule has 0 saturated heterocycles. The molecule has 8 heteroatoms. The van der Waals surface area contributed by atoms with Crippen molar-refractivity contribution in [1.82, 2.24) is 0 Å². The van der Waals surface area contributed by atoms with Crippen LogP contribution in [-0.2, 0) is 13.9 Å². The molecule has 23 heavy (non-hydrogen) atoms. The van der Waals surface area contributed by atoms with Gasteiger partial charge >= 0.3 is 13.8 Å². The highest BCUT2D eigenvalue weighted by Gasteiger charge is 2.34. The number of rotatable bonds is 3. The number of hydrogen-bond acceptors (Lipinski definition) is 5. The summed E-state index contributed by atoms with van der Waals surface area (Å²) in [7, 11) is -4.90. The van der Waals surface area contributed by atoms with E-state index >= 15 is 0 Å². The molecule has 0 fully saturated rings. The van der Waals surface area contributed by atoms with Crippen LogP contribution in [0, 0.1) is 0 Å². The zero-order chi connectivity index (χ0) is 16.6. The van der Waals surface area contributed by atoms with Crippen LogP contribution in [0.3, 0.4) is 0 Å². The van der Waals surface area contributed by atoms with Gasteiger partial charge in [-0.05, 0) is 31.2 Å². The molecule has 0 aliphatic carbocycles. The molecular formula is C15H14NO6P. The number of carbonyl (C=O) groups is 1. The molecule has 0 saturated carbocycles. The third-order valence-electron chi connectivity index (χ3n) is 3.41. The zero-order valence-electron chi connectivity index (χ0n) is 12.1. The number of nitrogens with zero attached hydrogens (tertiary/aromatic N) is 1.